The van der Waals surface area contributed by atoms with Crippen LogP contribution in [-0.4, -0.2) is 13.7 Å². The third kappa shape index (κ3) is 2.64. The Balaban J connectivity index is 2.89. The predicted octanol–water partition coefficient (Wildman–Crippen LogP) is 2.81. The van der Waals surface area contributed by atoms with Gasteiger partial charge < -0.3 is 9.58 Å². The number of ether oxygens (including phenoxy) is 1. The maximum Gasteiger partial charge on any atom is 0.218 e. The van der Waals surface area contributed by atoms with E-state index >= 15 is 0 Å². The number of rotatable bonds is 3. The van der Waals surface area contributed by atoms with Gasteiger partial charge in [-0.1, -0.05) is 11.6 Å². The molecule has 2 nitrogen and oxygen atoms in total. The summed E-state index contributed by atoms with van der Waals surface area (Å²) in [6, 6.07) is 5.44. The van der Waals surface area contributed by atoms with Gasteiger partial charge in [-0.05, 0) is 18.2 Å². The number of hydrogen-bond donors (Lipinski definition) is 0. The normalized spacial score (nSPS) is 9.31. The molecule has 0 N–H and O–H groups in total. The molecule has 0 atom stereocenters. The van der Waals surface area contributed by atoms with Crippen LogP contribution in [0.5, 0.6) is 5.75 Å². The van der Waals surface area contributed by atoms with Crippen LogP contribution in [0.2, 0.25) is 5.02 Å². The molecule has 0 radical (unpaired) electrons. The SMILES string of the molecule is [C-]#[N+]CCc1cc(Cl)ccc1OC. The molecule has 0 saturated carbocycles. The van der Waals surface area contributed by atoms with Crippen molar-refractivity contribution in [3.8, 4) is 5.75 Å². The van der Waals surface area contributed by atoms with Crippen molar-refractivity contribution in [2.24, 2.45) is 0 Å². The molecule has 1 aromatic carbocycles. The van der Waals surface area contributed by atoms with Crippen LogP contribution in [0.4, 0.5) is 0 Å². The van der Waals surface area contributed by atoms with Crippen LogP contribution in [0.25, 0.3) is 4.85 Å². The summed E-state index contributed by atoms with van der Waals surface area (Å²) in [5.74, 6) is 0.799. The summed E-state index contributed by atoms with van der Waals surface area (Å²) < 4.78 is 5.14. The average Bonchev–Trinajstić information content (AvgIpc) is 2.15. The Morgan fingerprint density at radius 2 is 2.31 bits per heavy atom. The summed E-state index contributed by atoms with van der Waals surface area (Å²) in [5.41, 5.74) is 0.992. The molecule has 0 spiro atoms. The van der Waals surface area contributed by atoms with Crippen LogP contribution in [0.3, 0.4) is 0 Å². The molecule has 0 aliphatic heterocycles. The first-order valence-electron chi connectivity index (χ1n) is 3.93. The van der Waals surface area contributed by atoms with Gasteiger partial charge in [-0.25, -0.2) is 6.57 Å². The molecule has 0 bridgehead atoms. The number of halogens is 1. The van der Waals surface area contributed by atoms with Crippen molar-refractivity contribution in [3.05, 3.63) is 40.2 Å². The van der Waals surface area contributed by atoms with Crippen LogP contribution >= 0.6 is 11.6 Å². The lowest BCUT2D eigenvalue weighted by Gasteiger charge is -2.05. The van der Waals surface area contributed by atoms with Gasteiger partial charge in [0.2, 0.25) is 6.54 Å². The van der Waals surface area contributed by atoms with Crippen molar-refractivity contribution in [2.45, 2.75) is 6.42 Å². The van der Waals surface area contributed by atoms with Crippen LogP contribution in [0.1, 0.15) is 5.56 Å². The van der Waals surface area contributed by atoms with Crippen LogP contribution in [0, 0.1) is 6.57 Å². The second-order valence-corrected chi connectivity index (χ2v) is 3.02. The predicted molar refractivity (Wildman–Crippen MR) is 53.2 cm³/mol. The Bertz CT molecular complexity index is 330. The van der Waals surface area contributed by atoms with E-state index in [0.717, 1.165) is 11.3 Å². The Morgan fingerprint density at radius 1 is 1.54 bits per heavy atom. The van der Waals surface area contributed by atoms with Gasteiger partial charge in [0.25, 0.3) is 0 Å². The molecule has 68 valence electrons. The zero-order chi connectivity index (χ0) is 9.68. The first-order valence-corrected chi connectivity index (χ1v) is 4.31. The highest BCUT2D eigenvalue weighted by atomic mass is 35.5. The number of nitrogens with zero attached hydrogens (tertiary/aromatic N) is 1. The molecule has 13 heavy (non-hydrogen) atoms. The monoisotopic (exact) mass is 195 g/mol. The molecular formula is C10H10ClNO. The van der Waals surface area contributed by atoms with E-state index < -0.39 is 0 Å². The minimum Gasteiger partial charge on any atom is -0.496 e. The van der Waals surface area contributed by atoms with Gasteiger partial charge in [-0.15, -0.1) is 0 Å². The van der Waals surface area contributed by atoms with Crippen molar-refractivity contribution >= 4 is 11.6 Å². The minimum absolute atomic E-state index is 0.469. The topological polar surface area (TPSA) is 13.6 Å². The van der Waals surface area contributed by atoms with E-state index in [1.807, 2.05) is 12.1 Å². The van der Waals surface area contributed by atoms with Crippen LogP contribution in [0.15, 0.2) is 18.2 Å². The van der Waals surface area contributed by atoms with E-state index in [0.29, 0.717) is 18.0 Å². The highest BCUT2D eigenvalue weighted by molar-refractivity contribution is 6.30. The van der Waals surface area contributed by atoms with Gasteiger partial charge in [0, 0.05) is 17.0 Å². The Labute approximate surface area is 82.9 Å². The van der Waals surface area contributed by atoms with E-state index in [1.54, 1.807) is 13.2 Å². The van der Waals surface area contributed by atoms with Crippen molar-refractivity contribution < 1.29 is 4.74 Å². The third-order valence-electron chi connectivity index (χ3n) is 1.74. The second-order valence-electron chi connectivity index (χ2n) is 2.59. The lowest BCUT2D eigenvalue weighted by atomic mass is 10.1. The van der Waals surface area contributed by atoms with Gasteiger partial charge in [0.15, 0.2) is 0 Å². The fraction of sp³-hybridized carbons (Fsp3) is 0.300. The molecular weight excluding hydrogens is 186 g/mol. The van der Waals surface area contributed by atoms with Crippen molar-refractivity contribution in [1.82, 2.24) is 0 Å². The third-order valence-corrected chi connectivity index (χ3v) is 1.97. The van der Waals surface area contributed by atoms with Crippen LogP contribution < -0.4 is 4.74 Å². The van der Waals surface area contributed by atoms with E-state index in [9.17, 15) is 0 Å². The van der Waals surface area contributed by atoms with Gasteiger partial charge >= 0.3 is 0 Å². The molecule has 0 fully saturated rings. The molecule has 0 amide bonds. The zero-order valence-corrected chi connectivity index (χ0v) is 8.14. The summed E-state index contributed by atoms with van der Waals surface area (Å²) in [6.45, 7) is 7.15. The summed E-state index contributed by atoms with van der Waals surface area (Å²) in [5, 5.41) is 0.681. The van der Waals surface area contributed by atoms with E-state index in [-0.39, 0.29) is 0 Å². The smallest absolute Gasteiger partial charge is 0.218 e. The minimum atomic E-state index is 0.469. The second kappa shape index (κ2) is 4.74. The van der Waals surface area contributed by atoms with Gasteiger partial charge in [-0.3, -0.25) is 0 Å². The van der Waals surface area contributed by atoms with E-state index in [1.165, 1.54) is 0 Å². The molecule has 0 saturated heterocycles. The van der Waals surface area contributed by atoms with Gasteiger partial charge in [-0.2, -0.15) is 0 Å². The standard InChI is InChI=1S/C10H10ClNO/c1-12-6-5-8-7-9(11)3-4-10(8)13-2/h3-4,7H,5-6H2,2H3. The van der Waals surface area contributed by atoms with Gasteiger partial charge in [0.05, 0.1) is 7.11 Å². The number of hydrogen-bond acceptors (Lipinski definition) is 1. The Hall–Kier alpha value is -1.20. The molecule has 0 heterocycles. The van der Waals surface area contributed by atoms with Gasteiger partial charge in [0.1, 0.15) is 5.75 Å². The average molecular weight is 196 g/mol. The van der Waals surface area contributed by atoms with Crippen molar-refractivity contribution in [3.63, 3.8) is 0 Å². The Kier molecular flexibility index (Phi) is 3.60. The molecule has 0 aromatic heterocycles. The van der Waals surface area contributed by atoms with E-state index in [2.05, 4.69) is 4.85 Å². The number of benzene rings is 1. The molecule has 0 aliphatic carbocycles. The largest absolute Gasteiger partial charge is 0.496 e. The maximum absolute atomic E-state index is 6.68. The lowest BCUT2D eigenvalue weighted by Crippen LogP contribution is -1.93. The summed E-state index contributed by atoms with van der Waals surface area (Å²) in [6.07, 6.45) is 0.688. The molecule has 1 aromatic rings. The van der Waals surface area contributed by atoms with Crippen molar-refractivity contribution in [1.29, 1.82) is 0 Å². The van der Waals surface area contributed by atoms with E-state index in [4.69, 9.17) is 22.9 Å². The van der Waals surface area contributed by atoms with Crippen LogP contribution in [-0.2, 0) is 6.42 Å². The highest BCUT2D eigenvalue weighted by Crippen LogP contribution is 2.22. The lowest BCUT2D eigenvalue weighted by molar-refractivity contribution is 0.410. The fourth-order valence-corrected chi connectivity index (χ4v) is 1.31. The molecule has 3 heteroatoms. The summed E-state index contributed by atoms with van der Waals surface area (Å²) >= 11 is 5.82. The molecule has 1 rings (SSSR count). The molecule has 0 unspecified atom stereocenters. The summed E-state index contributed by atoms with van der Waals surface area (Å²) in [7, 11) is 1.62. The number of methoxy groups -OCH3 is 1. The maximum atomic E-state index is 6.68. The quantitative estimate of drug-likeness (QED) is 0.677. The zero-order valence-electron chi connectivity index (χ0n) is 7.38. The fourth-order valence-electron chi connectivity index (χ4n) is 1.12. The first kappa shape index (κ1) is 9.88. The van der Waals surface area contributed by atoms with Crippen molar-refractivity contribution in [2.75, 3.05) is 13.7 Å². The highest BCUT2D eigenvalue weighted by Gasteiger charge is 2.04. The summed E-state index contributed by atoms with van der Waals surface area (Å²) in [4.78, 5) is 3.29. The Morgan fingerprint density at radius 3 is 2.92 bits per heavy atom. The first-order chi connectivity index (χ1) is 6.27. The molecule has 0 aliphatic rings.